The summed E-state index contributed by atoms with van der Waals surface area (Å²) in [6.07, 6.45) is 1.43. The number of amides is 2. The number of benzene rings is 1. The van der Waals surface area contributed by atoms with E-state index in [0.717, 1.165) is 17.5 Å². The van der Waals surface area contributed by atoms with Gasteiger partial charge in [0.05, 0.1) is 32.8 Å². The first kappa shape index (κ1) is 28.3. The molecule has 10 heteroatoms. The number of hydrogen-bond donors (Lipinski definition) is 2. The maximum absolute atomic E-state index is 12.9. The summed E-state index contributed by atoms with van der Waals surface area (Å²) in [5.74, 6) is -0.799. The van der Waals surface area contributed by atoms with Crippen LogP contribution < -0.4 is 10.6 Å². The molecule has 1 heterocycles. The van der Waals surface area contributed by atoms with E-state index in [1.54, 1.807) is 12.1 Å². The van der Waals surface area contributed by atoms with Gasteiger partial charge in [0.25, 0.3) is 5.91 Å². The molecule has 0 fully saturated rings. The Kier molecular flexibility index (Phi) is 11.1. The van der Waals surface area contributed by atoms with Crippen molar-refractivity contribution < 1.29 is 33.4 Å². The third-order valence-electron chi connectivity index (χ3n) is 5.28. The molecule has 2 amide bonds. The van der Waals surface area contributed by atoms with E-state index in [9.17, 15) is 19.2 Å². The summed E-state index contributed by atoms with van der Waals surface area (Å²) in [6, 6.07) is 4.73. The minimum absolute atomic E-state index is 0.198. The number of nitrogens with zero attached hydrogens (tertiary/aromatic N) is 1. The van der Waals surface area contributed by atoms with Crippen molar-refractivity contribution in [1.29, 1.82) is 0 Å². The lowest BCUT2D eigenvalue weighted by atomic mass is 10.1. The molecule has 0 saturated carbocycles. The summed E-state index contributed by atoms with van der Waals surface area (Å²) in [6.45, 7) is 7.74. The van der Waals surface area contributed by atoms with Gasteiger partial charge in [-0.1, -0.05) is 6.07 Å². The van der Waals surface area contributed by atoms with E-state index in [2.05, 4.69) is 10.6 Å². The zero-order valence-corrected chi connectivity index (χ0v) is 21.1. The number of rotatable bonds is 15. The van der Waals surface area contributed by atoms with E-state index >= 15 is 0 Å². The molecule has 35 heavy (non-hydrogen) atoms. The quantitative estimate of drug-likeness (QED) is 0.217. The first-order valence-electron chi connectivity index (χ1n) is 11.9. The molecule has 0 aromatic heterocycles. The third-order valence-corrected chi connectivity index (χ3v) is 5.28. The van der Waals surface area contributed by atoms with Crippen LogP contribution in [0.4, 0.5) is 5.69 Å². The van der Waals surface area contributed by atoms with Gasteiger partial charge in [0.15, 0.2) is 0 Å². The van der Waals surface area contributed by atoms with E-state index in [0.29, 0.717) is 38.5 Å². The van der Waals surface area contributed by atoms with E-state index < -0.39 is 11.6 Å². The summed E-state index contributed by atoms with van der Waals surface area (Å²) in [7, 11) is 1.52. The number of likely N-dealkylation sites (N-methyl/N-ethyl adjacent to an activating group) is 1. The lowest BCUT2D eigenvalue weighted by Crippen LogP contribution is -2.46. The van der Waals surface area contributed by atoms with E-state index in [1.807, 2.05) is 26.8 Å². The lowest BCUT2D eigenvalue weighted by molar-refractivity contribution is -0.156. The second-order valence-electron chi connectivity index (χ2n) is 9.13. The normalized spacial score (nSPS) is 13.8. The number of carbonyl (C=O) groups is 4. The van der Waals surface area contributed by atoms with Crippen molar-refractivity contribution in [3.63, 3.8) is 0 Å². The minimum Gasteiger partial charge on any atom is -0.460 e. The van der Waals surface area contributed by atoms with Crippen LogP contribution >= 0.6 is 0 Å². The number of fused-ring (bicyclic) bond motifs is 1. The topological polar surface area (TPSA) is 123 Å². The maximum Gasteiger partial charge on any atom is 0.308 e. The van der Waals surface area contributed by atoms with E-state index in [1.165, 1.54) is 11.9 Å². The van der Waals surface area contributed by atoms with Crippen LogP contribution in [0, 0.1) is 0 Å². The van der Waals surface area contributed by atoms with Crippen molar-refractivity contribution in [3.05, 3.63) is 29.3 Å². The summed E-state index contributed by atoms with van der Waals surface area (Å²) in [4.78, 5) is 49.2. The van der Waals surface area contributed by atoms with Gasteiger partial charge >= 0.3 is 5.97 Å². The predicted molar refractivity (Wildman–Crippen MR) is 130 cm³/mol. The second kappa shape index (κ2) is 13.8. The molecular formula is C25H37N3O7. The van der Waals surface area contributed by atoms with Crippen molar-refractivity contribution in [2.75, 3.05) is 45.3 Å². The first-order chi connectivity index (χ1) is 16.7. The van der Waals surface area contributed by atoms with Crippen LogP contribution in [0.5, 0.6) is 0 Å². The largest absolute Gasteiger partial charge is 0.460 e. The van der Waals surface area contributed by atoms with Gasteiger partial charge in [-0.05, 0) is 39.3 Å². The van der Waals surface area contributed by atoms with Crippen molar-refractivity contribution in [2.45, 2.75) is 58.2 Å². The molecule has 2 rings (SSSR count). The fourth-order valence-electron chi connectivity index (χ4n) is 3.72. The van der Waals surface area contributed by atoms with Crippen LogP contribution in [0.15, 0.2) is 18.2 Å². The fraction of sp³-hybridized carbons (Fsp3) is 0.600. The fourth-order valence-corrected chi connectivity index (χ4v) is 3.72. The standard InChI is InChI=1S/C25H37N3O7/c1-25(2,3)35-22(30)10-13-33-15-16-34-14-11-27-20-8-5-7-18-19(20)17-28(24(18)32)21(9-6-12-29)23(31)26-4/h5,7-8,12,21,27H,6,9-11,13-17H2,1-4H3,(H,26,31). The van der Waals surface area contributed by atoms with Crippen LogP contribution in [0.2, 0.25) is 0 Å². The van der Waals surface area contributed by atoms with E-state index in [4.69, 9.17) is 14.2 Å². The molecule has 1 atom stereocenters. The zero-order valence-electron chi connectivity index (χ0n) is 21.1. The van der Waals surface area contributed by atoms with Gasteiger partial charge in [-0.15, -0.1) is 0 Å². The summed E-state index contributed by atoms with van der Waals surface area (Å²) in [5, 5.41) is 5.87. The molecule has 0 aliphatic carbocycles. The molecule has 0 spiro atoms. The van der Waals surface area contributed by atoms with Crippen LogP contribution in [0.25, 0.3) is 0 Å². The Morgan fingerprint density at radius 2 is 1.86 bits per heavy atom. The maximum atomic E-state index is 12.9. The molecular weight excluding hydrogens is 454 g/mol. The van der Waals surface area contributed by atoms with Gasteiger partial charge in [0, 0.05) is 43.4 Å². The Bertz CT molecular complexity index is 882. The Morgan fingerprint density at radius 1 is 1.14 bits per heavy atom. The van der Waals surface area contributed by atoms with Gasteiger partial charge in [-0.2, -0.15) is 0 Å². The summed E-state index contributed by atoms with van der Waals surface area (Å²) < 4.78 is 16.2. The van der Waals surface area contributed by atoms with Crippen molar-refractivity contribution >= 4 is 29.8 Å². The van der Waals surface area contributed by atoms with Crippen LogP contribution in [0.3, 0.4) is 0 Å². The highest BCUT2D eigenvalue weighted by molar-refractivity contribution is 6.02. The van der Waals surface area contributed by atoms with E-state index in [-0.39, 0.29) is 43.7 Å². The molecule has 1 aliphatic rings. The van der Waals surface area contributed by atoms with Crippen LogP contribution in [-0.4, -0.2) is 80.6 Å². The average molecular weight is 492 g/mol. The first-order valence-corrected chi connectivity index (χ1v) is 11.9. The minimum atomic E-state index is -0.698. The second-order valence-corrected chi connectivity index (χ2v) is 9.13. The molecule has 0 radical (unpaired) electrons. The SMILES string of the molecule is CNC(=O)C(CCC=O)N1Cc2c(NCCOCCOCCC(=O)OC(C)(C)C)cccc2C1=O. The molecule has 194 valence electrons. The molecule has 1 unspecified atom stereocenters. The van der Waals surface area contributed by atoms with Crippen molar-refractivity contribution in [3.8, 4) is 0 Å². The Labute approximate surface area is 206 Å². The van der Waals surface area contributed by atoms with Crippen molar-refractivity contribution in [2.24, 2.45) is 0 Å². The van der Waals surface area contributed by atoms with Crippen LogP contribution in [0.1, 0.15) is 56.0 Å². The van der Waals surface area contributed by atoms with Gasteiger partial charge < -0.3 is 34.5 Å². The molecule has 10 nitrogen and oxygen atoms in total. The Hall–Kier alpha value is -2.98. The monoisotopic (exact) mass is 491 g/mol. The van der Waals surface area contributed by atoms with Gasteiger partial charge in [0.2, 0.25) is 5.91 Å². The smallest absolute Gasteiger partial charge is 0.308 e. The number of anilines is 1. The number of aldehydes is 1. The Balaban J connectivity index is 1.75. The van der Waals surface area contributed by atoms with Gasteiger partial charge in [-0.3, -0.25) is 14.4 Å². The average Bonchev–Trinajstić information content (AvgIpc) is 3.13. The third kappa shape index (κ3) is 8.95. The summed E-state index contributed by atoms with van der Waals surface area (Å²) in [5.41, 5.74) is 1.68. The molecule has 0 saturated heterocycles. The number of esters is 1. The highest BCUT2D eigenvalue weighted by Gasteiger charge is 2.36. The lowest BCUT2D eigenvalue weighted by Gasteiger charge is -2.25. The predicted octanol–water partition coefficient (Wildman–Crippen LogP) is 1.91. The van der Waals surface area contributed by atoms with Crippen LogP contribution in [-0.2, 0) is 35.1 Å². The van der Waals surface area contributed by atoms with Gasteiger partial charge in [0.1, 0.15) is 17.9 Å². The Morgan fingerprint density at radius 3 is 2.51 bits per heavy atom. The molecule has 0 bridgehead atoms. The number of nitrogens with one attached hydrogen (secondary N) is 2. The highest BCUT2D eigenvalue weighted by atomic mass is 16.6. The highest BCUT2D eigenvalue weighted by Crippen LogP contribution is 2.31. The molecule has 2 N–H and O–H groups in total. The number of ether oxygens (including phenoxy) is 3. The molecule has 1 aromatic carbocycles. The summed E-state index contributed by atoms with van der Waals surface area (Å²) >= 11 is 0. The molecule has 1 aromatic rings. The molecule has 1 aliphatic heterocycles. The van der Waals surface area contributed by atoms with Crippen molar-refractivity contribution in [1.82, 2.24) is 10.2 Å². The zero-order chi connectivity index (χ0) is 25.8. The number of carbonyl (C=O) groups excluding carboxylic acids is 4. The van der Waals surface area contributed by atoms with Gasteiger partial charge in [-0.25, -0.2) is 0 Å². The number of hydrogen-bond acceptors (Lipinski definition) is 8.